The van der Waals surface area contributed by atoms with Gasteiger partial charge in [-0.1, -0.05) is 0 Å². The molecular weight excluding hydrogens is 168 g/mol. The van der Waals surface area contributed by atoms with Crippen LogP contribution in [0.2, 0.25) is 0 Å². The maximum atomic E-state index is 11.3. The van der Waals surface area contributed by atoms with Crippen LogP contribution < -0.4 is 0 Å². The van der Waals surface area contributed by atoms with Crippen LogP contribution in [0.1, 0.15) is 23.2 Å². The Morgan fingerprint density at radius 3 is 2.46 bits per heavy atom. The minimum absolute atomic E-state index is 0.126. The maximum Gasteiger partial charge on any atom is 0.338 e. The molecule has 0 unspecified atom stereocenters. The second-order valence-corrected chi connectivity index (χ2v) is 3.15. The first-order valence-corrected chi connectivity index (χ1v) is 4.26. The average Bonchev–Trinajstić information content (AvgIpc) is 2.89. The molecule has 0 heterocycles. The molecule has 0 aromatic heterocycles. The van der Waals surface area contributed by atoms with Gasteiger partial charge in [0.25, 0.3) is 0 Å². The van der Waals surface area contributed by atoms with Gasteiger partial charge in [-0.15, -0.1) is 0 Å². The zero-order chi connectivity index (χ0) is 9.26. The van der Waals surface area contributed by atoms with Crippen LogP contribution in [0.15, 0.2) is 24.3 Å². The fourth-order valence-electron chi connectivity index (χ4n) is 1.00. The fraction of sp³-hybridized carbons (Fsp3) is 0.300. The van der Waals surface area contributed by atoms with Crippen molar-refractivity contribution in [2.45, 2.75) is 18.9 Å². The van der Waals surface area contributed by atoms with E-state index in [0.717, 1.165) is 12.8 Å². The second-order valence-electron chi connectivity index (χ2n) is 3.15. The molecule has 1 aromatic rings. The number of ether oxygens (including phenoxy) is 1. The van der Waals surface area contributed by atoms with Gasteiger partial charge in [0.1, 0.15) is 11.9 Å². The van der Waals surface area contributed by atoms with E-state index in [1.807, 2.05) is 0 Å². The van der Waals surface area contributed by atoms with Gasteiger partial charge in [-0.2, -0.15) is 0 Å². The molecule has 3 heteroatoms. The molecule has 1 saturated carbocycles. The Hall–Kier alpha value is -1.51. The average molecular weight is 178 g/mol. The summed E-state index contributed by atoms with van der Waals surface area (Å²) in [6, 6.07) is 6.06. The smallest absolute Gasteiger partial charge is 0.338 e. The van der Waals surface area contributed by atoms with Crippen molar-refractivity contribution in [1.82, 2.24) is 0 Å². The van der Waals surface area contributed by atoms with Crippen molar-refractivity contribution in [3.8, 4) is 5.75 Å². The Morgan fingerprint density at radius 1 is 1.31 bits per heavy atom. The Bertz CT molecular complexity index is 311. The zero-order valence-electron chi connectivity index (χ0n) is 7.06. The van der Waals surface area contributed by atoms with Crippen molar-refractivity contribution < 1.29 is 14.6 Å². The van der Waals surface area contributed by atoms with E-state index < -0.39 is 0 Å². The van der Waals surface area contributed by atoms with E-state index in [2.05, 4.69) is 0 Å². The zero-order valence-corrected chi connectivity index (χ0v) is 7.06. The SMILES string of the molecule is O=C(OC1CC1)c1ccc(O)cc1. The largest absolute Gasteiger partial charge is 0.508 e. The van der Waals surface area contributed by atoms with Crippen molar-refractivity contribution in [3.63, 3.8) is 0 Å². The summed E-state index contributed by atoms with van der Waals surface area (Å²) in [7, 11) is 0. The number of phenolic OH excluding ortho intramolecular Hbond substituents is 1. The van der Waals surface area contributed by atoms with Crippen LogP contribution in [-0.2, 0) is 4.74 Å². The topological polar surface area (TPSA) is 46.5 Å². The second kappa shape index (κ2) is 3.09. The van der Waals surface area contributed by atoms with Crippen LogP contribution in [0, 0.1) is 0 Å². The predicted molar refractivity (Wildman–Crippen MR) is 46.5 cm³/mol. The molecule has 0 aliphatic heterocycles. The summed E-state index contributed by atoms with van der Waals surface area (Å²) in [6.07, 6.45) is 2.08. The summed E-state index contributed by atoms with van der Waals surface area (Å²) in [5.74, 6) is -0.148. The van der Waals surface area contributed by atoms with Gasteiger partial charge in [0.15, 0.2) is 0 Å². The lowest BCUT2D eigenvalue weighted by atomic mass is 10.2. The molecule has 0 atom stereocenters. The number of hydrogen-bond donors (Lipinski definition) is 1. The summed E-state index contributed by atoms with van der Waals surface area (Å²) in [5.41, 5.74) is 0.490. The van der Waals surface area contributed by atoms with Gasteiger partial charge in [0.2, 0.25) is 0 Å². The molecule has 0 spiro atoms. The standard InChI is InChI=1S/C10H10O3/c11-8-3-1-7(2-4-8)10(12)13-9-5-6-9/h1-4,9,11H,5-6H2. The van der Waals surface area contributed by atoms with Crippen molar-refractivity contribution in [2.24, 2.45) is 0 Å². The Morgan fingerprint density at radius 2 is 1.92 bits per heavy atom. The molecule has 1 aromatic carbocycles. The fourth-order valence-corrected chi connectivity index (χ4v) is 1.00. The van der Waals surface area contributed by atoms with Crippen LogP contribution in [0.4, 0.5) is 0 Å². The lowest BCUT2D eigenvalue weighted by Crippen LogP contribution is -2.05. The highest BCUT2D eigenvalue weighted by Crippen LogP contribution is 2.24. The molecule has 1 aliphatic rings. The first-order chi connectivity index (χ1) is 6.25. The highest BCUT2D eigenvalue weighted by molar-refractivity contribution is 5.89. The first-order valence-electron chi connectivity index (χ1n) is 4.26. The summed E-state index contributed by atoms with van der Waals surface area (Å²) >= 11 is 0. The highest BCUT2D eigenvalue weighted by atomic mass is 16.5. The Labute approximate surface area is 76.0 Å². The van der Waals surface area contributed by atoms with E-state index in [1.165, 1.54) is 12.1 Å². The lowest BCUT2D eigenvalue weighted by molar-refractivity contribution is 0.0472. The van der Waals surface area contributed by atoms with Crippen LogP contribution >= 0.6 is 0 Å². The minimum Gasteiger partial charge on any atom is -0.508 e. The van der Waals surface area contributed by atoms with E-state index >= 15 is 0 Å². The summed E-state index contributed by atoms with van der Waals surface area (Å²) in [4.78, 5) is 11.3. The summed E-state index contributed by atoms with van der Waals surface area (Å²) in [5, 5.41) is 8.98. The van der Waals surface area contributed by atoms with Crippen molar-refractivity contribution in [1.29, 1.82) is 0 Å². The van der Waals surface area contributed by atoms with E-state index in [9.17, 15) is 4.79 Å². The quantitative estimate of drug-likeness (QED) is 0.701. The van der Waals surface area contributed by atoms with Gasteiger partial charge in [0, 0.05) is 0 Å². The predicted octanol–water partition coefficient (Wildman–Crippen LogP) is 1.71. The molecule has 0 radical (unpaired) electrons. The third-order valence-corrected chi connectivity index (χ3v) is 1.90. The third-order valence-electron chi connectivity index (χ3n) is 1.90. The highest BCUT2D eigenvalue weighted by Gasteiger charge is 2.26. The molecule has 2 rings (SSSR count). The molecule has 0 bridgehead atoms. The molecule has 0 amide bonds. The number of carbonyl (C=O) groups is 1. The van der Waals surface area contributed by atoms with E-state index in [4.69, 9.17) is 9.84 Å². The molecule has 0 saturated heterocycles. The van der Waals surface area contributed by atoms with Gasteiger partial charge in [-0.3, -0.25) is 0 Å². The molecule has 13 heavy (non-hydrogen) atoms. The summed E-state index contributed by atoms with van der Waals surface area (Å²) < 4.78 is 5.07. The Kier molecular flexibility index (Phi) is 1.93. The van der Waals surface area contributed by atoms with Gasteiger partial charge >= 0.3 is 5.97 Å². The van der Waals surface area contributed by atoms with Crippen molar-refractivity contribution in [2.75, 3.05) is 0 Å². The van der Waals surface area contributed by atoms with E-state index in [0.29, 0.717) is 5.56 Å². The minimum atomic E-state index is -0.303. The van der Waals surface area contributed by atoms with Crippen LogP contribution in [-0.4, -0.2) is 17.2 Å². The number of phenols is 1. The molecule has 68 valence electrons. The number of benzene rings is 1. The van der Waals surface area contributed by atoms with Crippen molar-refractivity contribution >= 4 is 5.97 Å². The van der Waals surface area contributed by atoms with Crippen molar-refractivity contribution in [3.05, 3.63) is 29.8 Å². The molecule has 1 fully saturated rings. The van der Waals surface area contributed by atoms with Gasteiger partial charge in [-0.05, 0) is 37.1 Å². The number of esters is 1. The molecule has 1 aliphatic carbocycles. The van der Waals surface area contributed by atoms with Gasteiger partial charge in [0.05, 0.1) is 5.56 Å². The van der Waals surface area contributed by atoms with E-state index in [-0.39, 0.29) is 17.8 Å². The van der Waals surface area contributed by atoms with Crippen LogP contribution in [0.5, 0.6) is 5.75 Å². The summed E-state index contributed by atoms with van der Waals surface area (Å²) in [6.45, 7) is 0. The molecular formula is C10H10O3. The monoisotopic (exact) mass is 178 g/mol. The lowest BCUT2D eigenvalue weighted by Gasteiger charge is -2.01. The first kappa shape index (κ1) is 8.10. The number of aromatic hydroxyl groups is 1. The molecule has 3 nitrogen and oxygen atoms in total. The maximum absolute atomic E-state index is 11.3. The Balaban J connectivity index is 2.05. The van der Waals surface area contributed by atoms with Crippen LogP contribution in [0.25, 0.3) is 0 Å². The van der Waals surface area contributed by atoms with Crippen LogP contribution in [0.3, 0.4) is 0 Å². The normalized spacial score (nSPS) is 15.4. The number of hydrogen-bond acceptors (Lipinski definition) is 3. The number of rotatable bonds is 2. The van der Waals surface area contributed by atoms with E-state index in [1.54, 1.807) is 12.1 Å². The van der Waals surface area contributed by atoms with Gasteiger partial charge < -0.3 is 9.84 Å². The third kappa shape index (κ3) is 1.99. The van der Waals surface area contributed by atoms with Gasteiger partial charge in [-0.25, -0.2) is 4.79 Å². The number of carbonyl (C=O) groups excluding carboxylic acids is 1. The molecule has 1 N–H and O–H groups in total.